The van der Waals surface area contributed by atoms with E-state index in [0.29, 0.717) is 0 Å². The van der Waals surface area contributed by atoms with Crippen molar-refractivity contribution < 1.29 is 29.0 Å². The van der Waals surface area contributed by atoms with Crippen molar-refractivity contribution in [2.45, 2.75) is 46.3 Å². The zero-order valence-electron chi connectivity index (χ0n) is 17.3. The normalized spacial score (nSPS) is 10.8. The van der Waals surface area contributed by atoms with Gasteiger partial charge in [-0.05, 0) is 19.6 Å². The van der Waals surface area contributed by atoms with E-state index in [9.17, 15) is 0 Å². The first-order chi connectivity index (χ1) is 9.73. The van der Waals surface area contributed by atoms with Crippen molar-refractivity contribution in [1.82, 2.24) is 0 Å². The van der Waals surface area contributed by atoms with Gasteiger partial charge in [-0.3, -0.25) is 12.2 Å². The van der Waals surface area contributed by atoms with E-state index in [0.717, 1.165) is 12.8 Å². The van der Waals surface area contributed by atoms with Crippen LogP contribution in [0.2, 0.25) is 19.6 Å². The fraction of sp³-hybridized carbons (Fsp3) is 0.368. The smallest absolute Gasteiger partial charge is 0.179 e. The summed E-state index contributed by atoms with van der Waals surface area (Å²) in [6.07, 6.45) is 20.0. The zero-order valence-corrected chi connectivity index (χ0v) is 24.4. The number of hydrogen-bond donors (Lipinski definition) is 1. The summed E-state index contributed by atoms with van der Waals surface area (Å²) in [5, 5.41) is 0. The summed E-state index contributed by atoms with van der Waals surface area (Å²) in [4.78, 5) is 8.66. The van der Waals surface area contributed by atoms with Gasteiger partial charge in [0.25, 0.3) is 0 Å². The van der Waals surface area contributed by atoms with Gasteiger partial charge in [-0.25, -0.2) is 24.3 Å². The SMILES string of the molecule is C[C]([SiH3])=[Zr].C[Si](C)(C)O.Cl.Cl.[C-]1=CC=CC1.[C-]1=CC=CC1.[CH2-]C.[CH3-].[CH3-]. The zero-order chi connectivity index (χ0) is 17.1. The first kappa shape index (κ1) is 44.8. The molecule has 0 aromatic heterocycles. The second-order valence-electron chi connectivity index (χ2n) is 5.18. The van der Waals surface area contributed by atoms with E-state index in [4.69, 9.17) is 4.80 Å². The van der Waals surface area contributed by atoms with Crippen LogP contribution in [0.3, 0.4) is 0 Å². The quantitative estimate of drug-likeness (QED) is 0.363. The largest absolute Gasteiger partial charge is 0.433 e. The second-order valence-corrected chi connectivity index (χ2v) is 15.9. The van der Waals surface area contributed by atoms with Gasteiger partial charge in [-0.15, -0.1) is 37.7 Å². The summed E-state index contributed by atoms with van der Waals surface area (Å²) in [6.45, 7) is 12.8. The molecule has 152 valence electrons. The van der Waals surface area contributed by atoms with E-state index in [1.54, 1.807) is 34.0 Å². The third-order valence-corrected chi connectivity index (χ3v) is 1.17. The molecule has 6 heteroatoms. The average Bonchev–Trinajstić information content (AvgIpc) is 3.08. The Morgan fingerprint density at radius 1 is 1.00 bits per heavy atom. The Hall–Kier alpha value is 0.687. The van der Waals surface area contributed by atoms with Crippen LogP contribution >= 0.6 is 24.8 Å². The van der Waals surface area contributed by atoms with Crippen LogP contribution < -0.4 is 0 Å². The minimum atomic E-state index is -1.61. The Morgan fingerprint density at radius 3 is 1.24 bits per heavy atom. The Morgan fingerprint density at radius 2 is 1.20 bits per heavy atom. The number of halogens is 2. The van der Waals surface area contributed by atoms with Crippen LogP contribution in [0, 0.1) is 33.9 Å². The Labute approximate surface area is 190 Å². The van der Waals surface area contributed by atoms with Crippen LogP contribution in [0.5, 0.6) is 0 Å². The van der Waals surface area contributed by atoms with E-state index in [1.807, 2.05) is 43.9 Å². The van der Waals surface area contributed by atoms with E-state index < -0.39 is 8.32 Å². The van der Waals surface area contributed by atoms with Gasteiger partial charge in [0.1, 0.15) is 0 Å². The molecule has 0 saturated carbocycles. The van der Waals surface area contributed by atoms with Crippen LogP contribution in [-0.4, -0.2) is 26.2 Å². The molecule has 0 bridgehead atoms. The van der Waals surface area contributed by atoms with Crippen molar-refractivity contribution in [3.63, 3.8) is 0 Å². The third-order valence-electron chi connectivity index (χ3n) is 1.17. The average molecular weight is 502 g/mol. The van der Waals surface area contributed by atoms with Gasteiger partial charge in [0.05, 0.1) is 0 Å². The molecule has 1 N–H and O–H groups in total. The first-order valence-corrected chi connectivity index (χ1v) is 12.8. The van der Waals surface area contributed by atoms with Gasteiger partial charge in [0, 0.05) is 0 Å². The molecule has 0 amide bonds. The standard InChI is InChI=1S/2C5H5.C3H10OSi.C2H6Si.C2H5.2CH3.2ClH.Zr/c2*1-2-4-5-3-1;1-5(2,3)4;1-2-3;1-2;;;;;/h2*1-3H,4H2;4H,1-3H3;1,3H3;1H2,2H3;2*1H3;2*1H;/q2*-1;;;3*-1;;;. The molecule has 1 nitrogen and oxygen atoms in total. The summed E-state index contributed by atoms with van der Waals surface area (Å²) >= 11 is 1.62. The Bertz CT molecular complexity index is 296. The summed E-state index contributed by atoms with van der Waals surface area (Å²) in [6, 6.07) is 0. The van der Waals surface area contributed by atoms with E-state index in [2.05, 4.69) is 38.2 Å². The van der Waals surface area contributed by atoms with Crippen molar-refractivity contribution in [3.8, 4) is 0 Å². The monoisotopic (exact) mass is 499 g/mol. The van der Waals surface area contributed by atoms with E-state index >= 15 is 0 Å². The molecule has 0 aromatic rings. The van der Waals surface area contributed by atoms with Crippen LogP contribution in [0.15, 0.2) is 36.5 Å². The second kappa shape index (κ2) is 35.7. The molecule has 0 radical (unpaired) electrons. The van der Waals surface area contributed by atoms with Gasteiger partial charge in [-0.1, -0.05) is 0 Å². The molecule has 0 aliphatic heterocycles. The van der Waals surface area contributed by atoms with Crippen LogP contribution in [0.4, 0.5) is 0 Å². The molecule has 0 spiro atoms. The van der Waals surface area contributed by atoms with Gasteiger partial charge in [0.15, 0.2) is 8.32 Å². The molecule has 25 heavy (non-hydrogen) atoms. The number of hydrogen-bond acceptors (Lipinski definition) is 1. The van der Waals surface area contributed by atoms with Crippen molar-refractivity contribution in [1.29, 1.82) is 0 Å². The molecule has 0 atom stereocenters. The van der Waals surface area contributed by atoms with Crippen LogP contribution in [-0.2, 0) is 24.2 Å². The van der Waals surface area contributed by atoms with Crippen molar-refractivity contribution >= 4 is 46.2 Å². The first-order valence-electron chi connectivity index (χ1n) is 7.12. The maximum atomic E-state index is 8.66. The molecule has 2 rings (SSSR count). The van der Waals surface area contributed by atoms with Crippen molar-refractivity contribution in [3.05, 3.63) is 70.4 Å². The minimum Gasteiger partial charge on any atom is -0.433 e. The van der Waals surface area contributed by atoms with Crippen molar-refractivity contribution in [2.24, 2.45) is 0 Å². The molecule has 0 saturated heterocycles. The molecular weight excluding hydrogens is 463 g/mol. The van der Waals surface area contributed by atoms with Gasteiger partial charge < -0.3 is 26.6 Å². The van der Waals surface area contributed by atoms with Gasteiger partial charge >= 0.3 is 44.2 Å². The van der Waals surface area contributed by atoms with Crippen LogP contribution in [0.1, 0.15) is 26.7 Å². The summed E-state index contributed by atoms with van der Waals surface area (Å²) in [5.74, 6) is 0. The minimum absolute atomic E-state index is 0. The molecule has 0 aromatic carbocycles. The summed E-state index contributed by atoms with van der Waals surface area (Å²) < 4.78 is 1.65. The third kappa shape index (κ3) is 111. The number of allylic oxidation sites excluding steroid dienone is 8. The maximum Gasteiger partial charge on any atom is 0.179 e. The molecule has 2 aliphatic carbocycles. The molecule has 0 heterocycles. The van der Waals surface area contributed by atoms with Gasteiger partial charge in [-0.2, -0.15) is 19.1 Å². The predicted molar refractivity (Wildman–Crippen MR) is 128 cm³/mol. The maximum absolute atomic E-state index is 8.66. The summed E-state index contributed by atoms with van der Waals surface area (Å²) in [7, 11) is -0.306. The topological polar surface area (TPSA) is 20.2 Å². The Balaban J connectivity index is -0.0000000319. The van der Waals surface area contributed by atoms with Gasteiger partial charge in [0.2, 0.25) is 0 Å². The van der Waals surface area contributed by atoms with Crippen molar-refractivity contribution in [2.75, 3.05) is 0 Å². The molecule has 0 fully saturated rings. The van der Waals surface area contributed by atoms with E-state index in [-0.39, 0.29) is 39.7 Å². The molecule has 2 aliphatic rings. The van der Waals surface area contributed by atoms with E-state index in [1.165, 1.54) is 10.2 Å². The predicted octanol–water partition coefficient (Wildman–Crippen LogP) is 5.06. The molecule has 0 unspecified atom stereocenters. The molecular formula is C19H39Cl2OSi2Zr-5. The van der Waals surface area contributed by atoms with Crippen LogP contribution in [0.25, 0.3) is 0 Å². The summed E-state index contributed by atoms with van der Waals surface area (Å²) in [5.41, 5.74) is 0. The Kier molecular flexibility index (Phi) is 64.1. The fourth-order valence-corrected chi connectivity index (χ4v) is 0.680. The fourth-order valence-electron chi connectivity index (χ4n) is 0.680. The number of rotatable bonds is 0.